The van der Waals surface area contributed by atoms with Gasteiger partial charge in [-0.15, -0.1) is 0 Å². The Labute approximate surface area is 110 Å². The first-order chi connectivity index (χ1) is 8.79. The summed E-state index contributed by atoms with van der Waals surface area (Å²) in [4.78, 5) is 23.4. The normalized spacial score (nSPS) is 38.1. The van der Waals surface area contributed by atoms with Crippen molar-refractivity contribution in [2.45, 2.75) is 17.7 Å². The molecule has 1 saturated carbocycles. The Kier molecular flexibility index (Phi) is 3.18. The average molecular weight is 289 g/mol. The molecule has 7 nitrogen and oxygen atoms in total. The maximum atomic E-state index is 11.9. The Morgan fingerprint density at radius 1 is 1.53 bits per heavy atom. The molecule has 1 saturated heterocycles. The van der Waals surface area contributed by atoms with Gasteiger partial charge in [0.2, 0.25) is 0 Å². The number of fused-ring (bicyclic) bond motifs is 1. The third-order valence-corrected chi connectivity index (χ3v) is 5.83. The molecule has 106 valence electrons. The van der Waals surface area contributed by atoms with Gasteiger partial charge in [0.25, 0.3) is 0 Å². The number of carbonyl (C=O) groups is 2. The first-order valence-corrected chi connectivity index (χ1v) is 7.50. The highest BCUT2D eigenvalue weighted by molar-refractivity contribution is 7.92. The molecule has 2 fully saturated rings. The molecule has 2 N–H and O–H groups in total. The summed E-state index contributed by atoms with van der Waals surface area (Å²) in [7, 11) is -3.60. The lowest BCUT2D eigenvalue weighted by atomic mass is 9.95. The first-order valence-electron chi connectivity index (χ1n) is 5.78. The Balaban J connectivity index is 2.28. The molecule has 0 bridgehead atoms. The number of sulfone groups is 1. The van der Waals surface area contributed by atoms with Crippen molar-refractivity contribution in [1.29, 1.82) is 0 Å². The van der Waals surface area contributed by atoms with Crippen LogP contribution < -0.4 is 5.73 Å². The highest BCUT2D eigenvalue weighted by atomic mass is 32.2. The van der Waals surface area contributed by atoms with Crippen molar-refractivity contribution in [3.05, 3.63) is 12.8 Å². The molecule has 1 heterocycles. The molecule has 8 heteroatoms. The number of hydrogen-bond acceptors (Lipinski definition) is 7. The molecule has 2 rings (SSSR count). The molecule has 0 aromatic rings. The van der Waals surface area contributed by atoms with Crippen LogP contribution in [0.25, 0.3) is 0 Å². The van der Waals surface area contributed by atoms with Gasteiger partial charge in [0.05, 0.1) is 29.8 Å². The zero-order chi connectivity index (χ0) is 14.4. The molecule has 1 aliphatic carbocycles. The summed E-state index contributed by atoms with van der Waals surface area (Å²) >= 11 is 0. The summed E-state index contributed by atoms with van der Waals surface area (Å²) in [6.45, 7) is 4.92. The van der Waals surface area contributed by atoms with Gasteiger partial charge in [-0.2, -0.15) is 0 Å². The van der Waals surface area contributed by atoms with E-state index in [1.54, 1.807) is 6.92 Å². The predicted octanol–water partition coefficient (Wildman–Crippen LogP) is -1.02. The molecule has 0 spiro atoms. The first kappa shape index (κ1) is 14.0. The maximum absolute atomic E-state index is 11.9. The summed E-state index contributed by atoms with van der Waals surface area (Å²) < 4.78 is 33.2. The van der Waals surface area contributed by atoms with E-state index in [0.717, 1.165) is 6.26 Å². The van der Waals surface area contributed by atoms with Crippen molar-refractivity contribution >= 4 is 21.8 Å². The molecule has 4 atom stereocenters. The third kappa shape index (κ3) is 1.95. The topological polar surface area (TPSA) is 113 Å². The average Bonchev–Trinajstić information content (AvgIpc) is 3.00. The maximum Gasteiger partial charge on any atom is 0.327 e. The zero-order valence-corrected chi connectivity index (χ0v) is 11.2. The van der Waals surface area contributed by atoms with E-state index >= 15 is 0 Å². The fourth-order valence-electron chi connectivity index (χ4n) is 2.77. The van der Waals surface area contributed by atoms with Crippen LogP contribution in [-0.4, -0.2) is 43.5 Å². The number of rotatable bonds is 4. The zero-order valence-electron chi connectivity index (χ0n) is 10.4. The van der Waals surface area contributed by atoms with Gasteiger partial charge in [0, 0.05) is 5.92 Å². The standard InChI is InChI=1S/C11H15NO6S/c1-3-17-9(13)6-7-8(6)19(15,16)5-11(7,12)10(14)18-4-2/h3,6-8H,1,4-5,12H2,2H3/t6-,7-,8+,11-/m1/s1. The van der Waals surface area contributed by atoms with Gasteiger partial charge in [-0.3, -0.25) is 9.59 Å². The van der Waals surface area contributed by atoms with Gasteiger partial charge in [0.1, 0.15) is 5.54 Å². The predicted molar refractivity (Wildman–Crippen MR) is 64.4 cm³/mol. The summed E-state index contributed by atoms with van der Waals surface area (Å²) in [5, 5.41) is -0.950. The van der Waals surface area contributed by atoms with Crippen LogP contribution in [0.3, 0.4) is 0 Å². The van der Waals surface area contributed by atoms with Crippen molar-refractivity contribution in [3.63, 3.8) is 0 Å². The van der Waals surface area contributed by atoms with E-state index in [-0.39, 0.29) is 6.61 Å². The van der Waals surface area contributed by atoms with Crippen LogP contribution in [0.5, 0.6) is 0 Å². The van der Waals surface area contributed by atoms with Gasteiger partial charge in [-0.1, -0.05) is 6.58 Å². The van der Waals surface area contributed by atoms with Crippen LogP contribution in [-0.2, 0) is 28.9 Å². The van der Waals surface area contributed by atoms with E-state index in [1.165, 1.54) is 0 Å². The molecule has 0 amide bonds. The van der Waals surface area contributed by atoms with E-state index in [4.69, 9.17) is 10.5 Å². The molecular weight excluding hydrogens is 274 g/mol. The Morgan fingerprint density at radius 2 is 2.16 bits per heavy atom. The van der Waals surface area contributed by atoms with Gasteiger partial charge in [-0.05, 0) is 6.92 Å². The summed E-state index contributed by atoms with van der Waals surface area (Å²) in [6.07, 6.45) is 0.922. The summed E-state index contributed by atoms with van der Waals surface area (Å²) in [5.41, 5.74) is 4.22. The highest BCUT2D eigenvalue weighted by Gasteiger charge is 2.77. The smallest absolute Gasteiger partial charge is 0.327 e. The van der Waals surface area contributed by atoms with Crippen molar-refractivity contribution in [2.75, 3.05) is 12.4 Å². The van der Waals surface area contributed by atoms with Gasteiger partial charge < -0.3 is 15.2 Å². The molecule has 0 aromatic carbocycles. The van der Waals surface area contributed by atoms with Crippen LogP contribution in [0, 0.1) is 11.8 Å². The van der Waals surface area contributed by atoms with Crippen LogP contribution in [0.1, 0.15) is 6.92 Å². The Bertz CT molecular complexity index is 541. The molecular formula is C11H15NO6S. The SMILES string of the molecule is C=COC(=O)[C@@H]1[C@@H]2[C@H]1S(=O)(=O)C[C@]2(N)C(=O)OCC. The molecule has 0 aromatic heterocycles. The van der Waals surface area contributed by atoms with Crippen LogP contribution >= 0.6 is 0 Å². The van der Waals surface area contributed by atoms with Crippen LogP contribution in [0.4, 0.5) is 0 Å². The van der Waals surface area contributed by atoms with Gasteiger partial charge in [-0.25, -0.2) is 8.42 Å². The lowest BCUT2D eigenvalue weighted by Crippen LogP contribution is -2.54. The van der Waals surface area contributed by atoms with Crippen molar-refractivity contribution < 1.29 is 27.5 Å². The largest absolute Gasteiger partial charge is 0.465 e. The second-order valence-electron chi connectivity index (χ2n) is 4.69. The number of ether oxygens (including phenoxy) is 2. The van der Waals surface area contributed by atoms with E-state index in [0.29, 0.717) is 0 Å². The van der Waals surface area contributed by atoms with Crippen molar-refractivity contribution in [3.8, 4) is 0 Å². The minimum absolute atomic E-state index is 0.0942. The molecule has 1 aliphatic heterocycles. The molecule has 0 radical (unpaired) electrons. The second kappa shape index (κ2) is 4.31. The minimum Gasteiger partial charge on any atom is -0.465 e. The van der Waals surface area contributed by atoms with Crippen molar-refractivity contribution in [1.82, 2.24) is 0 Å². The van der Waals surface area contributed by atoms with E-state index < -0.39 is 50.2 Å². The van der Waals surface area contributed by atoms with Gasteiger partial charge in [0.15, 0.2) is 9.84 Å². The number of esters is 2. The highest BCUT2D eigenvalue weighted by Crippen LogP contribution is 2.57. The Hall–Kier alpha value is -1.41. The van der Waals surface area contributed by atoms with E-state index in [1.807, 2.05) is 0 Å². The monoisotopic (exact) mass is 289 g/mol. The fraction of sp³-hybridized carbons (Fsp3) is 0.636. The van der Waals surface area contributed by atoms with Crippen LogP contribution in [0.2, 0.25) is 0 Å². The van der Waals surface area contributed by atoms with Gasteiger partial charge >= 0.3 is 11.9 Å². The number of hydrogen-bond donors (Lipinski definition) is 1. The number of nitrogens with two attached hydrogens (primary N) is 1. The fourth-order valence-corrected chi connectivity index (χ4v) is 5.43. The summed E-state index contributed by atoms with van der Waals surface area (Å²) in [5.74, 6) is -3.70. The summed E-state index contributed by atoms with van der Waals surface area (Å²) in [6, 6.07) is 0. The lowest BCUT2D eigenvalue weighted by molar-refractivity contribution is -0.150. The molecule has 19 heavy (non-hydrogen) atoms. The lowest BCUT2D eigenvalue weighted by Gasteiger charge is -2.23. The Morgan fingerprint density at radius 3 is 2.68 bits per heavy atom. The molecule has 2 aliphatic rings. The second-order valence-corrected chi connectivity index (χ2v) is 6.85. The van der Waals surface area contributed by atoms with Crippen molar-refractivity contribution in [2.24, 2.45) is 17.6 Å². The minimum atomic E-state index is -3.60. The van der Waals surface area contributed by atoms with Crippen LogP contribution in [0.15, 0.2) is 12.8 Å². The quantitative estimate of drug-likeness (QED) is 0.520. The number of carbonyl (C=O) groups excluding carboxylic acids is 2. The molecule has 0 unspecified atom stereocenters. The van der Waals surface area contributed by atoms with E-state index in [9.17, 15) is 18.0 Å². The van der Waals surface area contributed by atoms with E-state index in [2.05, 4.69) is 11.3 Å². The third-order valence-electron chi connectivity index (χ3n) is 3.53.